The molecule has 2 fully saturated rings. The smallest absolute Gasteiger partial charge is 0.242 e. The predicted molar refractivity (Wildman–Crippen MR) is 98.2 cm³/mol. The largest absolute Gasteiger partial charge is 0.368 e. The number of anilines is 1. The molecule has 25 heavy (non-hydrogen) atoms. The molecule has 6 heteroatoms. The molecule has 1 aliphatic carbocycles. The van der Waals surface area contributed by atoms with Crippen LogP contribution in [0, 0.1) is 0 Å². The molecular formula is C19H28N4O2. The maximum absolute atomic E-state index is 12.4. The Kier molecular flexibility index (Phi) is 5.58. The second kappa shape index (κ2) is 7.87. The summed E-state index contributed by atoms with van der Waals surface area (Å²) in [4.78, 5) is 28.8. The van der Waals surface area contributed by atoms with E-state index in [1.54, 1.807) is 0 Å². The van der Waals surface area contributed by atoms with Crippen molar-refractivity contribution in [1.29, 1.82) is 0 Å². The lowest BCUT2D eigenvalue weighted by atomic mass is 9.82. The number of nitrogens with zero attached hydrogens (tertiary/aromatic N) is 2. The van der Waals surface area contributed by atoms with E-state index < -0.39 is 5.54 Å². The summed E-state index contributed by atoms with van der Waals surface area (Å²) < 4.78 is 0. The number of piperazine rings is 1. The Hall–Kier alpha value is -2.08. The molecule has 1 aromatic rings. The molecular weight excluding hydrogens is 316 g/mol. The Morgan fingerprint density at radius 1 is 1.00 bits per heavy atom. The zero-order chi connectivity index (χ0) is 17.7. The average molecular weight is 344 g/mol. The van der Waals surface area contributed by atoms with Crippen LogP contribution in [0.15, 0.2) is 30.3 Å². The van der Waals surface area contributed by atoms with Gasteiger partial charge < -0.3 is 20.9 Å². The fourth-order valence-corrected chi connectivity index (χ4v) is 3.71. The van der Waals surface area contributed by atoms with Crippen LogP contribution in [0.2, 0.25) is 0 Å². The Bertz CT molecular complexity index is 591. The standard InChI is InChI=1S/C19H28N4O2/c20-19(9-5-2-6-10-19)18(25)21-15-17(24)23-13-11-22(12-14-23)16-7-3-1-4-8-16/h1,3-4,7-8H,2,5-6,9-15,20H2,(H,21,25). The van der Waals surface area contributed by atoms with Crippen molar-refractivity contribution < 1.29 is 9.59 Å². The first-order valence-corrected chi connectivity index (χ1v) is 9.23. The second-order valence-electron chi connectivity index (χ2n) is 7.10. The lowest BCUT2D eigenvalue weighted by molar-refractivity contribution is -0.135. The normalized spacial score (nSPS) is 20.2. The molecule has 0 bridgehead atoms. The second-order valence-corrected chi connectivity index (χ2v) is 7.10. The third-order valence-corrected chi connectivity index (χ3v) is 5.35. The highest BCUT2D eigenvalue weighted by atomic mass is 16.2. The zero-order valence-electron chi connectivity index (χ0n) is 14.7. The minimum absolute atomic E-state index is 0.0273. The highest BCUT2D eigenvalue weighted by molar-refractivity contribution is 5.90. The molecule has 0 atom stereocenters. The van der Waals surface area contributed by atoms with Gasteiger partial charge in [-0.05, 0) is 25.0 Å². The van der Waals surface area contributed by atoms with E-state index in [1.807, 2.05) is 23.1 Å². The Balaban J connectivity index is 1.44. The molecule has 3 N–H and O–H groups in total. The van der Waals surface area contributed by atoms with Gasteiger partial charge in [-0.1, -0.05) is 37.5 Å². The van der Waals surface area contributed by atoms with Gasteiger partial charge in [0.2, 0.25) is 11.8 Å². The molecule has 136 valence electrons. The van der Waals surface area contributed by atoms with Gasteiger partial charge in [0.05, 0.1) is 12.1 Å². The van der Waals surface area contributed by atoms with E-state index in [4.69, 9.17) is 5.73 Å². The van der Waals surface area contributed by atoms with Crippen molar-refractivity contribution in [3.63, 3.8) is 0 Å². The van der Waals surface area contributed by atoms with Gasteiger partial charge in [0.25, 0.3) is 0 Å². The lowest BCUT2D eigenvalue weighted by Gasteiger charge is -2.36. The SMILES string of the molecule is NC1(C(=O)NCC(=O)N2CCN(c3ccccc3)CC2)CCCCC1. The number of benzene rings is 1. The van der Waals surface area contributed by atoms with E-state index in [9.17, 15) is 9.59 Å². The molecule has 0 unspecified atom stereocenters. The summed E-state index contributed by atoms with van der Waals surface area (Å²) >= 11 is 0. The van der Waals surface area contributed by atoms with Gasteiger partial charge >= 0.3 is 0 Å². The van der Waals surface area contributed by atoms with Crippen LogP contribution in [0.25, 0.3) is 0 Å². The molecule has 1 aliphatic heterocycles. The van der Waals surface area contributed by atoms with Crippen LogP contribution < -0.4 is 16.0 Å². The van der Waals surface area contributed by atoms with Crippen LogP contribution in [0.4, 0.5) is 5.69 Å². The van der Waals surface area contributed by atoms with Crippen molar-refractivity contribution in [3.05, 3.63) is 30.3 Å². The highest BCUT2D eigenvalue weighted by Gasteiger charge is 2.35. The number of hydrogen-bond donors (Lipinski definition) is 2. The van der Waals surface area contributed by atoms with Crippen molar-refractivity contribution in [1.82, 2.24) is 10.2 Å². The van der Waals surface area contributed by atoms with Gasteiger partial charge in [-0.15, -0.1) is 0 Å². The highest BCUT2D eigenvalue weighted by Crippen LogP contribution is 2.25. The van der Waals surface area contributed by atoms with Crippen LogP contribution in [-0.4, -0.2) is 55.0 Å². The molecule has 2 aliphatic rings. The third kappa shape index (κ3) is 4.31. The lowest BCUT2D eigenvalue weighted by Crippen LogP contribution is -2.57. The number of hydrogen-bond acceptors (Lipinski definition) is 4. The van der Waals surface area contributed by atoms with Gasteiger partial charge in [0.15, 0.2) is 0 Å². The summed E-state index contributed by atoms with van der Waals surface area (Å²) in [6.07, 6.45) is 4.53. The minimum atomic E-state index is -0.787. The average Bonchev–Trinajstić information content (AvgIpc) is 2.67. The summed E-state index contributed by atoms with van der Waals surface area (Å²) in [5.41, 5.74) is 6.60. The van der Waals surface area contributed by atoms with Gasteiger partial charge in [-0.25, -0.2) is 0 Å². The molecule has 6 nitrogen and oxygen atoms in total. The van der Waals surface area contributed by atoms with Crippen LogP contribution in [0.5, 0.6) is 0 Å². The summed E-state index contributed by atoms with van der Waals surface area (Å²) in [7, 11) is 0. The Morgan fingerprint density at radius 3 is 2.28 bits per heavy atom. The third-order valence-electron chi connectivity index (χ3n) is 5.35. The number of carbonyl (C=O) groups excluding carboxylic acids is 2. The molecule has 0 radical (unpaired) electrons. The Labute approximate surface area is 149 Å². The first-order chi connectivity index (χ1) is 12.1. The van der Waals surface area contributed by atoms with Crippen LogP contribution in [-0.2, 0) is 9.59 Å². The number of para-hydroxylation sites is 1. The van der Waals surface area contributed by atoms with E-state index in [0.29, 0.717) is 25.9 Å². The maximum Gasteiger partial charge on any atom is 0.242 e. The van der Waals surface area contributed by atoms with Crippen LogP contribution >= 0.6 is 0 Å². The molecule has 0 aromatic heterocycles. The maximum atomic E-state index is 12.4. The van der Waals surface area contributed by atoms with Crippen molar-refractivity contribution in [2.24, 2.45) is 5.73 Å². The fourth-order valence-electron chi connectivity index (χ4n) is 3.71. The molecule has 1 saturated heterocycles. The summed E-state index contributed by atoms with van der Waals surface area (Å²) in [5.74, 6) is -0.205. The van der Waals surface area contributed by atoms with Gasteiger partial charge in [-0.3, -0.25) is 9.59 Å². The number of carbonyl (C=O) groups is 2. The molecule has 2 amide bonds. The number of nitrogens with two attached hydrogens (primary N) is 1. The van der Waals surface area contributed by atoms with Crippen LogP contribution in [0.3, 0.4) is 0 Å². The van der Waals surface area contributed by atoms with Crippen molar-refractivity contribution in [3.8, 4) is 0 Å². The van der Waals surface area contributed by atoms with Gasteiger partial charge in [0.1, 0.15) is 0 Å². The zero-order valence-corrected chi connectivity index (χ0v) is 14.7. The fraction of sp³-hybridized carbons (Fsp3) is 0.579. The van der Waals surface area contributed by atoms with E-state index in [0.717, 1.165) is 32.4 Å². The number of rotatable bonds is 4. The van der Waals surface area contributed by atoms with E-state index in [1.165, 1.54) is 5.69 Å². The molecule has 1 aromatic carbocycles. The van der Waals surface area contributed by atoms with E-state index in [-0.39, 0.29) is 18.4 Å². The number of nitrogens with one attached hydrogen (secondary N) is 1. The van der Waals surface area contributed by atoms with Crippen molar-refractivity contribution >= 4 is 17.5 Å². The van der Waals surface area contributed by atoms with Crippen molar-refractivity contribution in [2.45, 2.75) is 37.6 Å². The molecule has 0 spiro atoms. The predicted octanol–water partition coefficient (Wildman–Crippen LogP) is 1.11. The van der Waals surface area contributed by atoms with E-state index >= 15 is 0 Å². The monoisotopic (exact) mass is 344 g/mol. The van der Waals surface area contributed by atoms with Gasteiger partial charge in [-0.2, -0.15) is 0 Å². The number of amides is 2. The summed E-state index contributed by atoms with van der Waals surface area (Å²) in [6.45, 7) is 3.02. The quantitative estimate of drug-likeness (QED) is 0.858. The minimum Gasteiger partial charge on any atom is -0.368 e. The first kappa shape index (κ1) is 17.7. The summed E-state index contributed by atoms with van der Waals surface area (Å²) in [6, 6.07) is 10.2. The van der Waals surface area contributed by atoms with E-state index in [2.05, 4.69) is 22.3 Å². The topological polar surface area (TPSA) is 78.7 Å². The van der Waals surface area contributed by atoms with Gasteiger partial charge in [0, 0.05) is 31.9 Å². The molecule has 1 heterocycles. The summed E-state index contributed by atoms with van der Waals surface area (Å²) in [5, 5.41) is 2.76. The molecule has 1 saturated carbocycles. The van der Waals surface area contributed by atoms with Crippen molar-refractivity contribution in [2.75, 3.05) is 37.6 Å². The van der Waals surface area contributed by atoms with Crippen LogP contribution in [0.1, 0.15) is 32.1 Å². The molecule has 3 rings (SSSR count). The first-order valence-electron chi connectivity index (χ1n) is 9.23. The Morgan fingerprint density at radius 2 is 1.64 bits per heavy atom.